The van der Waals surface area contributed by atoms with Crippen molar-refractivity contribution in [2.24, 2.45) is 0 Å². The Labute approximate surface area is 128 Å². The fourth-order valence-corrected chi connectivity index (χ4v) is 2.40. The number of aliphatic hydroxyl groups is 1. The first-order chi connectivity index (χ1) is 10.5. The van der Waals surface area contributed by atoms with Crippen molar-refractivity contribution < 1.29 is 24.5 Å². The molecule has 2 rings (SSSR count). The highest BCUT2D eigenvalue weighted by Gasteiger charge is 2.33. The normalized spacial score (nSPS) is 21.5. The van der Waals surface area contributed by atoms with Crippen molar-refractivity contribution in [2.75, 3.05) is 26.7 Å². The summed E-state index contributed by atoms with van der Waals surface area (Å²) in [5, 5.41) is 21.3. The number of carbonyl (C=O) groups is 2. The van der Waals surface area contributed by atoms with E-state index >= 15 is 0 Å². The van der Waals surface area contributed by atoms with E-state index in [1.807, 2.05) is 4.90 Å². The van der Waals surface area contributed by atoms with Crippen molar-refractivity contribution in [3.63, 3.8) is 0 Å². The number of aliphatic carboxylic acids is 1. The van der Waals surface area contributed by atoms with Gasteiger partial charge in [-0.15, -0.1) is 0 Å². The van der Waals surface area contributed by atoms with E-state index in [0.717, 1.165) is 0 Å². The molecule has 0 aromatic heterocycles. The van der Waals surface area contributed by atoms with Crippen molar-refractivity contribution >= 4 is 11.9 Å². The fraction of sp³-hybridized carbons (Fsp3) is 0.467. The number of amides is 1. The van der Waals surface area contributed by atoms with Crippen LogP contribution in [0, 0.1) is 0 Å². The number of likely N-dealkylation sites (N-methyl/N-ethyl adjacent to an activating group) is 1. The third kappa shape index (κ3) is 4.44. The first-order valence-electron chi connectivity index (χ1n) is 7.06. The first-order valence-corrected chi connectivity index (χ1v) is 7.06. The van der Waals surface area contributed by atoms with E-state index in [-0.39, 0.29) is 18.9 Å². The molecule has 1 aliphatic rings. The standard InChI is InChI=1S/C15H20N2O5/c1-16-14(19)9-17-7-12(18)13(8-17)22-11-4-2-10(3-5-11)6-15(20)21/h2-5,12-13,18H,6-9H2,1H3,(H,16,19)(H,20,21)/t12-,13-/m1/s1. The lowest BCUT2D eigenvalue weighted by molar-refractivity contribution is -0.136. The molecule has 1 amide bonds. The van der Waals surface area contributed by atoms with Gasteiger partial charge in [-0.05, 0) is 17.7 Å². The first kappa shape index (κ1) is 16.3. The molecule has 0 radical (unpaired) electrons. The van der Waals surface area contributed by atoms with Gasteiger partial charge < -0.3 is 20.3 Å². The molecule has 0 bridgehead atoms. The highest BCUT2D eigenvalue weighted by Crippen LogP contribution is 2.19. The number of benzene rings is 1. The smallest absolute Gasteiger partial charge is 0.307 e. The van der Waals surface area contributed by atoms with E-state index < -0.39 is 18.2 Å². The van der Waals surface area contributed by atoms with Gasteiger partial charge in [-0.3, -0.25) is 14.5 Å². The van der Waals surface area contributed by atoms with Gasteiger partial charge in [0, 0.05) is 20.1 Å². The van der Waals surface area contributed by atoms with E-state index in [1.54, 1.807) is 31.3 Å². The summed E-state index contributed by atoms with van der Waals surface area (Å²) in [7, 11) is 1.57. The Bertz CT molecular complexity index is 531. The maximum Gasteiger partial charge on any atom is 0.307 e. The number of hydrogen-bond donors (Lipinski definition) is 3. The number of nitrogens with zero attached hydrogens (tertiary/aromatic N) is 1. The number of rotatable bonds is 6. The van der Waals surface area contributed by atoms with Gasteiger partial charge in [-0.25, -0.2) is 0 Å². The summed E-state index contributed by atoms with van der Waals surface area (Å²) in [5.41, 5.74) is 0.688. The summed E-state index contributed by atoms with van der Waals surface area (Å²) in [5.74, 6) is -0.421. The van der Waals surface area contributed by atoms with E-state index in [4.69, 9.17) is 9.84 Å². The van der Waals surface area contributed by atoms with E-state index in [2.05, 4.69) is 5.32 Å². The predicted octanol–water partition coefficient (Wildman–Crippen LogP) is -0.516. The van der Waals surface area contributed by atoms with E-state index in [9.17, 15) is 14.7 Å². The number of hydrogen-bond acceptors (Lipinski definition) is 5. The highest BCUT2D eigenvalue weighted by molar-refractivity contribution is 5.77. The van der Waals surface area contributed by atoms with Crippen molar-refractivity contribution in [2.45, 2.75) is 18.6 Å². The van der Waals surface area contributed by atoms with Crippen LogP contribution in [0.25, 0.3) is 0 Å². The average Bonchev–Trinajstić information content (AvgIpc) is 2.80. The third-order valence-corrected chi connectivity index (χ3v) is 3.52. The molecule has 1 aromatic rings. The second-order valence-corrected chi connectivity index (χ2v) is 5.31. The molecule has 0 spiro atoms. The Morgan fingerprint density at radius 1 is 1.32 bits per heavy atom. The lowest BCUT2D eigenvalue weighted by Crippen LogP contribution is -2.35. The van der Waals surface area contributed by atoms with Crippen LogP contribution in [0.1, 0.15) is 5.56 Å². The molecule has 2 atom stereocenters. The number of nitrogens with one attached hydrogen (secondary N) is 1. The number of carboxylic acids is 1. The average molecular weight is 308 g/mol. The molecular weight excluding hydrogens is 288 g/mol. The second kappa shape index (κ2) is 7.24. The van der Waals surface area contributed by atoms with Crippen molar-refractivity contribution in [1.29, 1.82) is 0 Å². The van der Waals surface area contributed by atoms with Gasteiger partial charge in [0.1, 0.15) is 18.0 Å². The molecule has 3 N–H and O–H groups in total. The number of carboxylic acid groups (broad SMARTS) is 1. The SMILES string of the molecule is CNC(=O)CN1C[C@@H](O)[C@H](Oc2ccc(CC(=O)O)cc2)C1. The summed E-state index contributed by atoms with van der Waals surface area (Å²) in [6.45, 7) is 1.08. The van der Waals surface area contributed by atoms with Crippen LogP contribution in [-0.2, 0) is 16.0 Å². The molecule has 0 saturated carbocycles. The molecule has 0 aliphatic carbocycles. The summed E-state index contributed by atoms with van der Waals surface area (Å²) in [4.78, 5) is 23.8. The molecule has 1 aliphatic heterocycles. The summed E-state index contributed by atoms with van der Waals surface area (Å²) >= 11 is 0. The molecule has 7 nitrogen and oxygen atoms in total. The van der Waals surface area contributed by atoms with Gasteiger partial charge in [-0.2, -0.15) is 0 Å². The zero-order valence-electron chi connectivity index (χ0n) is 12.4. The zero-order chi connectivity index (χ0) is 16.1. The molecule has 1 aromatic carbocycles. The zero-order valence-corrected chi connectivity index (χ0v) is 12.4. The van der Waals surface area contributed by atoms with Crippen LogP contribution in [0.4, 0.5) is 0 Å². The number of likely N-dealkylation sites (tertiary alicyclic amines) is 1. The molecule has 120 valence electrons. The molecule has 22 heavy (non-hydrogen) atoms. The minimum atomic E-state index is -0.885. The molecule has 7 heteroatoms. The predicted molar refractivity (Wildman–Crippen MR) is 78.7 cm³/mol. The minimum absolute atomic E-state index is 0.0355. The summed E-state index contributed by atoms with van der Waals surface area (Å²) < 4.78 is 5.72. The van der Waals surface area contributed by atoms with Crippen molar-refractivity contribution in [3.8, 4) is 5.75 Å². The number of ether oxygens (including phenoxy) is 1. The van der Waals surface area contributed by atoms with Crippen LogP contribution >= 0.6 is 0 Å². The van der Waals surface area contributed by atoms with Crippen LogP contribution in [0.15, 0.2) is 24.3 Å². The Hall–Kier alpha value is -2.12. The maximum absolute atomic E-state index is 11.3. The van der Waals surface area contributed by atoms with Gasteiger partial charge in [0.15, 0.2) is 0 Å². The lowest BCUT2D eigenvalue weighted by Gasteiger charge is -2.17. The largest absolute Gasteiger partial charge is 0.486 e. The highest BCUT2D eigenvalue weighted by atomic mass is 16.5. The summed E-state index contributed by atoms with van der Waals surface area (Å²) in [6.07, 6.45) is -1.11. The molecule has 1 saturated heterocycles. The van der Waals surface area contributed by atoms with Crippen LogP contribution in [-0.4, -0.2) is 65.9 Å². The molecular formula is C15H20N2O5. The van der Waals surface area contributed by atoms with Crippen molar-refractivity contribution in [3.05, 3.63) is 29.8 Å². The van der Waals surface area contributed by atoms with Gasteiger partial charge in [0.2, 0.25) is 5.91 Å². The van der Waals surface area contributed by atoms with Crippen LogP contribution in [0.2, 0.25) is 0 Å². The molecule has 1 fully saturated rings. The Balaban J connectivity index is 1.90. The second-order valence-electron chi connectivity index (χ2n) is 5.31. The monoisotopic (exact) mass is 308 g/mol. The number of carbonyl (C=O) groups excluding carboxylic acids is 1. The van der Waals surface area contributed by atoms with Crippen LogP contribution < -0.4 is 10.1 Å². The Morgan fingerprint density at radius 2 is 2.00 bits per heavy atom. The van der Waals surface area contributed by atoms with Gasteiger partial charge in [-0.1, -0.05) is 12.1 Å². The van der Waals surface area contributed by atoms with Gasteiger partial charge in [0.25, 0.3) is 0 Å². The maximum atomic E-state index is 11.3. The van der Waals surface area contributed by atoms with Crippen LogP contribution in [0.3, 0.4) is 0 Å². The minimum Gasteiger partial charge on any atom is -0.486 e. The fourth-order valence-electron chi connectivity index (χ4n) is 2.40. The number of aliphatic hydroxyl groups excluding tert-OH is 1. The van der Waals surface area contributed by atoms with E-state index in [1.165, 1.54) is 0 Å². The molecule has 0 unspecified atom stereocenters. The lowest BCUT2D eigenvalue weighted by atomic mass is 10.1. The van der Waals surface area contributed by atoms with Crippen molar-refractivity contribution in [1.82, 2.24) is 10.2 Å². The topological polar surface area (TPSA) is 99.1 Å². The summed E-state index contributed by atoms with van der Waals surface area (Å²) in [6, 6.07) is 6.75. The Morgan fingerprint density at radius 3 is 2.59 bits per heavy atom. The van der Waals surface area contributed by atoms with Gasteiger partial charge in [0.05, 0.1) is 13.0 Å². The quantitative estimate of drug-likeness (QED) is 0.654. The third-order valence-electron chi connectivity index (χ3n) is 3.52. The van der Waals surface area contributed by atoms with E-state index in [0.29, 0.717) is 24.4 Å². The van der Waals surface area contributed by atoms with Gasteiger partial charge >= 0.3 is 5.97 Å². The Kier molecular flexibility index (Phi) is 5.35. The number of β-amino-alcohol motifs (C(OH)–C–C–N with tert-alkyl or cyclic N) is 1. The molecule has 1 heterocycles. The van der Waals surface area contributed by atoms with Crippen LogP contribution in [0.5, 0.6) is 5.75 Å².